The Morgan fingerprint density at radius 3 is 2.26 bits per heavy atom. The second-order valence-corrected chi connectivity index (χ2v) is 12.9. The van der Waals surface area contributed by atoms with Crippen molar-refractivity contribution < 1.29 is 65.5 Å². The number of nitrogens with one attached hydrogen (secondary N) is 1. The Kier molecular flexibility index (Phi) is 14.5. The zero-order valence-corrected chi connectivity index (χ0v) is 28.8. The molecule has 9 atom stereocenters. The molecule has 2 aliphatic heterocycles. The van der Waals surface area contributed by atoms with Gasteiger partial charge in [0.25, 0.3) is 0 Å². The van der Waals surface area contributed by atoms with Gasteiger partial charge >= 0.3 is 11.9 Å². The molecule has 2 saturated heterocycles. The number of amides is 1. The maximum Gasteiger partial charge on any atom is 0.314 e. The van der Waals surface area contributed by atoms with Crippen LogP contribution in [0.2, 0.25) is 0 Å². The Labute approximate surface area is 291 Å². The van der Waals surface area contributed by atoms with Crippen molar-refractivity contribution in [2.75, 3.05) is 5.88 Å². The molecule has 2 fully saturated rings. The lowest BCUT2D eigenvalue weighted by molar-refractivity contribution is -0.196. The third kappa shape index (κ3) is 10.6. The molecule has 0 bridgehead atoms. The van der Waals surface area contributed by atoms with Gasteiger partial charge in [0.2, 0.25) is 40.7 Å². The number of esters is 2. The van der Waals surface area contributed by atoms with Crippen molar-refractivity contribution in [3.05, 3.63) is 65.0 Å². The number of rotatable bonds is 12. The zero-order valence-electron chi connectivity index (χ0n) is 28.1. The number of alkyl halides is 1. The SMILES string of the molecule is CC(=O)O[C@@H](C)/C=C\C(=O)NC1C[C@H](C)[C@H](C/C=C(C)/C=C/[C@H]2O[C@H](CC(=O)Oc3c(F)c(F)c(F)c(F)c3F)C[C@@](O)(CCl)[C@@H]2O)O[C@@H]1C. The van der Waals surface area contributed by atoms with E-state index < -0.39 is 95.5 Å². The summed E-state index contributed by atoms with van der Waals surface area (Å²) in [5.41, 5.74) is -1.25. The van der Waals surface area contributed by atoms with E-state index in [-0.39, 0.29) is 30.1 Å². The summed E-state index contributed by atoms with van der Waals surface area (Å²) >= 11 is 5.92. The van der Waals surface area contributed by atoms with Gasteiger partial charge in [-0.15, -0.1) is 11.6 Å². The molecule has 50 heavy (non-hydrogen) atoms. The van der Waals surface area contributed by atoms with Crippen LogP contribution in [0, 0.1) is 35.0 Å². The molecule has 16 heteroatoms. The first-order chi connectivity index (χ1) is 23.4. The molecule has 0 radical (unpaired) electrons. The molecule has 2 aliphatic rings. The maximum absolute atomic E-state index is 14.0. The second kappa shape index (κ2) is 17.7. The van der Waals surface area contributed by atoms with Crippen LogP contribution in [-0.4, -0.2) is 82.2 Å². The molecule has 1 amide bonds. The van der Waals surface area contributed by atoms with Crippen LogP contribution in [-0.2, 0) is 28.6 Å². The molecule has 0 saturated carbocycles. The highest BCUT2D eigenvalue weighted by atomic mass is 35.5. The molecule has 278 valence electrons. The Balaban J connectivity index is 1.60. The Bertz CT molecular complexity index is 1480. The molecule has 3 N–H and O–H groups in total. The van der Waals surface area contributed by atoms with Crippen molar-refractivity contribution in [3.63, 3.8) is 0 Å². The predicted octanol–water partition coefficient (Wildman–Crippen LogP) is 4.86. The van der Waals surface area contributed by atoms with Crippen LogP contribution in [0.3, 0.4) is 0 Å². The average Bonchev–Trinajstić information content (AvgIpc) is 3.05. The number of carbonyl (C=O) groups excluding carboxylic acids is 3. The number of ether oxygens (including phenoxy) is 4. The van der Waals surface area contributed by atoms with E-state index >= 15 is 0 Å². The van der Waals surface area contributed by atoms with Gasteiger partial charge in [0.15, 0.2) is 0 Å². The molecule has 1 unspecified atom stereocenters. The van der Waals surface area contributed by atoms with Crippen molar-refractivity contribution in [1.29, 1.82) is 0 Å². The third-order valence-corrected chi connectivity index (χ3v) is 8.90. The summed E-state index contributed by atoms with van der Waals surface area (Å²) < 4.78 is 89.7. The van der Waals surface area contributed by atoms with Crippen molar-refractivity contribution in [2.45, 2.75) is 109 Å². The van der Waals surface area contributed by atoms with Crippen molar-refractivity contribution in [2.24, 2.45) is 5.92 Å². The summed E-state index contributed by atoms with van der Waals surface area (Å²) in [5, 5.41) is 24.7. The number of benzene rings is 1. The molecule has 0 aliphatic carbocycles. The molecular formula is C34H41ClF5NO9. The number of aliphatic hydroxyl groups is 2. The number of halogens is 6. The first kappa shape index (κ1) is 41.1. The van der Waals surface area contributed by atoms with Gasteiger partial charge in [-0.1, -0.05) is 30.7 Å². The van der Waals surface area contributed by atoms with Gasteiger partial charge in [-0.3, -0.25) is 14.4 Å². The summed E-state index contributed by atoms with van der Waals surface area (Å²) in [6.45, 7) is 8.52. The van der Waals surface area contributed by atoms with Crippen LogP contribution < -0.4 is 10.1 Å². The average molecular weight is 738 g/mol. The third-order valence-electron chi connectivity index (χ3n) is 8.44. The fourth-order valence-electron chi connectivity index (χ4n) is 5.67. The number of hydrogen-bond donors (Lipinski definition) is 3. The quantitative estimate of drug-likeness (QED) is 0.0401. The van der Waals surface area contributed by atoms with Gasteiger partial charge in [0.05, 0.1) is 36.7 Å². The lowest BCUT2D eigenvalue weighted by Gasteiger charge is -2.43. The standard InChI is InChI=1S/C34H41ClF5NO9/c1-16(6-9-23-17(2)12-22(19(4)48-23)41-25(43)11-8-18(3)47-20(5)42)7-10-24-33(45)34(46,15-35)14-21(49-24)13-26(44)50-32-30(39)28(37)27(36)29(38)31(32)40/h6-8,10-11,17-19,21-24,33,45-46H,9,12-15H2,1-5H3,(H,41,43)/b10-7+,11-8-,16-6+/t17-,18-,19+,21+,22?,23-,24+,33+,34+/m0/s1. The largest absolute Gasteiger partial charge is 0.459 e. The fraction of sp³-hybridized carbons (Fsp3) is 0.559. The van der Waals surface area contributed by atoms with Crippen LogP contribution in [0.5, 0.6) is 5.75 Å². The minimum atomic E-state index is -2.42. The van der Waals surface area contributed by atoms with Gasteiger partial charge in [-0.25, -0.2) is 13.2 Å². The smallest absolute Gasteiger partial charge is 0.314 e. The second-order valence-electron chi connectivity index (χ2n) is 12.6. The first-order valence-corrected chi connectivity index (χ1v) is 16.4. The monoisotopic (exact) mass is 737 g/mol. The van der Waals surface area contributed by atoms with E-state index in [0.717, 1.165) is 0 Å². The first-order valence-electron chi connectivity index (χ1n) is 15.9. The highest BCUT2D eigenvalue weighted by molar-refractivity contribution is 6.18. The normalized spacial score (nSPS) is 29.6. The van der Waals surface area contributed by atoms with Gasteiger partial charge in [0.1, 0.15) is 23.9 Å². The van der Waals surface area contributed by atoms with Gasteiger partial charge in [-0.05, 0) is 45.6 Å². The maximum atomic E-state index is 14.0. The number of aliphatic hydroxyl groups excluding tert-OH is 1. The lowest BCUT2D eigenvalue weighted by Crippen LogP contribution is -2.58. The Morgan fingerprint density at radius 2 is 1.66 bits per heavy atom. The molecule has 0 spiro atoms. The minimum Gasteiger partial charge on any atom is -0.459 e. The van der Waals surface area contributed by atoms with Crippen molar-refractivity contribution in [1.82, 2.24) is 5.32 Å². The molecule has 1 aromatic carbocycles. The van der Waals surface area contributed by atoms with Crippen molar-refractivity contribution in [3.8, 4) is 5.75 Å². The summed E-state index contributed by atoms with van der Waals surface area (Å²) in [5.74, 6) is -16.1. The summed E-state index contributed by atoms with van der Waals surface area (Å²) in [6.07, 6.45) is 2.58. The summed E-state index contributed by atoms with van der Waals surface area (Å²) in [6, 6.07) is -0.251. The minimum absolute atomic E-state index is 0.0565. The van der Waals surface area contributed by atoms with E-state index in [4.69, 9.17) is 25.8 Å². The van der Waals surface area contributed by atoms with Crippen LogP contribution in [0.4, 0.5) is 22.0 Å². The molecule has 10 nitrogen and oxygen atoms in total. The number of carbonyl (C=O) groups is 3. The van der Waals surface area contributed by atoms with Gasteiger partial charge in [-0.2, -0.15) is 8.78 Å². The zero-order chi connectivity index (χ0) is 37.5. The van der Waals surface area contributed by atoms with Gasteiger partial charge in [0, 0.05) is 19.4 Å². The van der Waals surface area contributed by atoms with E-state index in [1.165, 1.54) is 25.2 Å². The summed E-state index contributed by atoms with van der Waals surface area (Å²) in [4.78, 5) is 35.9. The van der Waals surface area contributed by atoms with E-state index in [9.17, 15) is 46.5 Å². The van der Waals surface area contributed by atoms with E-state index in [1.807, 2.05) is 19.9 Å². The Hall–Kier alpha value is -3.37. The predicted molar refractivity (Wildman–Crippen MR) is 169 cm³/mol. The highest BCUT2D eigenvalue weighted by Crippen LogP contribution is 2.34. The summed E-state index contributed by atoms with van der Waals surface area (Å²) in [7, 11) is 0. The molecule has 1 aromatic rings. The van der Waals surface area contributed by atoms with Gasteiger partial charge < -0.3 is 34.5 Å². The number of allylic oxidation sites excluding steroid dienone is 2. The number of hydrogen-bond acceptors (Lipinski definition) is 9. The van der Waals surface area contributed by atoms with E-state index in [2.05, 4.69) is 10.1 Å². The van der Waals surface area contributed by atoms with Crippen LogP contribution in [0.15, 0.2) is 36.0 Å². The van der Waals surface area contributed by atoms with Crippen LogP contribution >= 0.6 is 11.6 Å². The molecule has 2 heterocycles. The highest BCUT2D eigenvalue weighted by Gasteiger charge is 2.47. The van der Waals surface area contributed by atoms with E-state index in [0.29, 0.717) is 18.4 Å². The molecular weight excluding hydrogens is 697 g/mol. The van der Waals surface area contributed by atoms with Crippen LogP contribution in [0.25, 0.3) is 0 Å². The lowest BCUT2D eigenvalue weighted by atomic mass is 9.84. The van der Waals surface area contributed by atoms with Crippen LogP contribution in [0.1, 0.15) is 60.3 Å². The topological polar surface area (TPSA) is 141 Å². The molecule has 0 aromatic heterocycles. The van der Waals surface area contributed by atoms with Crippen molar-refractivity contribution >= 4 is 29.4 Å². The fourth-order valence-corrected chi connectivity index (χ4v) is 5.94. The van der Waals surface area contributed by atoms with E-state index in [1.54, 1.807) is 19.9 Å². The Morgan fingerprint density at radius 1 is 1.04 bits per heavy atom. The molecule has 3 rings (SSSR count).